The monoisotopic (exact) mass is 337 g/mol. The largest absolute Gasteiger partial charge is 0.311 e. The molecule has 0 bridgehead atoms. The number of halogens is 5. The van der Waals surface area contributed by atoms with Gasteiger partial charge in [0.15, 0.2) is 17.5 Å². The van der Waals surface area contributed by atoms with Gasteiger partial charge in [-0.1, -0.05) is 30.1 Å². The molecule has 112 valence electrons. The zero-order valence-electron chi connectivity index (χ0n) is 10.6. The lowest BCUT2D eigenvalue weighted by atomic mass is 10.2. The maximum atomic E-state index is 14.0. The number of hydrogen-bond acceptors (Lipinski definition) is 2. The first-order valence-electron chi connectivity index (χ1n) is 5.74. The summed E-state index contributed by atoms with van der Waals surface area (Å²) in [6.45, 7) is 1.60. The first kappa shape index (κ1) is 15.7. The maximum absolute atomic E-state index is 14.0. The molecule has 0 saturated heterocycles. The summed E-state index contributed by atoms with van der Waals surface area (Å²) in [6, 6.07) is 1.33. The molecule has 2 aromatic rings. The van der Waals surface area contributed by atoms with Crippen LogP contribution in [0.4, 0.5) is 19.0 Å². The normalized spacial score (nSPS) is 10.8. The standard InChI is InChI=1S/C12H8Cl2F3N3O/c1-2-6(21)19-5-3-4-18-20(5)12-8(14)9(15)7(13)10(16)11(12)17/h3-4H,2H2,1H3,(H,19,21). The van der Waals surface area contributed by atoms with Crippen molar-refractivity contribution < 1.29 is 18.0 Å². The van der Waals surface area contributed by atoms with Crippen LogP contribution in [0.15, 0.2) is 12.3 Å². The molecule has 0 aliphatic heterocycles. The van der Waals surface area contributed by atoms with E-state index < -0.39 is 33.2 Å². The zero-order chi connectivity index (χ0) is 15.7. The van der Waals surface area contributed by atoms with Crippen LogP contribution >= 0.6 is 23.2 Å². The van der Waals surface area contributed by atoms with Crippen LogP contribution < -0.4 is 5.32 Å². The predicted octanol–water partition coefficient (Wildman–Crippen LogP) is 3.94. The second kappa shape index (κ2) is 5.95. The lowest BCUT2D eigenvalue weighted by Gasteiger charge is -2.13. The van der Waals surface area contributed by atoms with Crippen LogP contribution in [0.2, 0.25) is 10.0 Å². The molecule has 0 aliphatic rings. The van der Waals surface area contributed by atoms with E-state index in [4.69, 9.17) is 23.2 Å². The van der Waals surface area contributed by atoms with E-state index in [1.165, 1.54) is 12.3 Å². The molecule has 1 heterocycles. The Labute approximate surface area is 127 Å². The number of aromatic nitrogens is 2. The third-order valence-corrected chi connectivity index (χ3v) is 3.31. The number of amides is 1. The Morgan fingerprint density at radius 2 is 1.90 bits per heavy atom. The van der Waals surface area contributed by atoms with E-state index in [0.717, 1.165) is 4.68 Å². The fourth-order valence-electron chi connectivity index (χ4n) is 1.59. The molecular weight excluding hydrogens is 330 g/mol. The Hall–Kier alpha value is -1.73. The van der Waals surface area contributed by atoms with Crippen LogP contribution in [0.25, 0.3) is 5.69 Å². The molecule has 0 unspecified atom stereocenters. The van der Waals surface area contributed by atoms with Crippen LogP contribution in [0.3, 0.4) is 0 Å². The molecule has 1 N–H and O–H groups in total. The van der Waals surface area contributed by atoms with Gasteiger partial charge >= 0.3 is 0 Å². The number of anilines is 1. The second-order valence-electron chi connectivity index (χ2n) is 3.95. The van der Waals surface area contributed by atoms with Crippen molar-refractivity contribution in [3.8, 4) is 5.69 Å². The van der Waals surface area contributed by atoms with Crippen LogP contribution in [0.1, 0.15) is 13.3 Å². The summed E-state index contributed by atoms with van der Waals surface area (Å²) in [5, 5.41) is 4.32. The van der Waals surface area contributed by atoms with Crippen LogP contribution in [-0.4, -0.2) is 15.7 Å². The van der Waals surface area contributed by atoms with Gasteiger partial charge in [0.25, 0.3) is 0 Å². The molecule has 1 amide bonds. The number of nitrogens with zero attached hydrogens (tertiary/aromatic N) is 2. The van der Waals surface area contributed by atoms with Crippen molar-refractivity contribution in [2.75, 3.05) is 5.32 Å². The van der Waals surface area contributed by atoms with Crippen molar-refractivity contribution in [1.29, 1.82) is 0 Å². The summed E-state index contributed by atoms with van der Waals surface area (Å²) in [5.41, 5.74) is -0.674. The summed E-state index contributed by atoms with van der Waals surface area (Å²) < 4.78 is 42.0. The Bertz CT molecular complexity index is 689. The van der Waals surface area contributed by atoms with Crippen molar-refractivity contribution in [1.82, 2.24) is 9.78 Å². The average Bonchev–Trinajstić information content (AvgIpc) is 2.91. The van der Waals surface area contributed by atoms with E-state index in [1.54, 1.807) is 6.92 Å². The van der Waals surface area contributed by atoms with E-state index in [9.17, 15) is 18.0 Å². The summed E-state index contributed by atoms with van der Waals surface area (Å²) in [4.78, 5) is 11.4. The SMILES string of the molecule is CCC(=O)Nc1ccnn1-c1c(F)c(F)c(Cl)c(F)c1Cl. The Kier molecular flexibility index (Phi) is 4.43. The predicted molar refractivity (Wildman–Crippen MR) is 72.4 cm³/mol. The first-order chi connectivity index (χ1) is 9.88. The number of carbonyl (C=O) groups is 1. The molecule has 0 aliphatic carbocycles. The van der Waals surface area contributed by atoms with Crippen LogP contribution in [-0.2, 0) is 4.79 Å². The van der Waals surface area contributed by atoms with Gasteiger partial charge in [-0.2, -0.15) is 5.10 Å². The van der Waals surface area contributed by atoms with E-state index in [-0.39, 0.29) is 18.1 Å². The van der Waals surface area contributed by atoms with Gasteiger partial charge in [0.2, 0.25) is 5.91 Å². The van der Waals surface area contributed by atoms with Crippen LogP contribution in [0, 0.1) is 17.5 Å². The van der Waals surface area contributed by atoms with E-state index in [2.05, 4.69) is 10.4 Å². The molecule has 0 radical (unpaired) electrons. The molecule has 9 heteroatoms. The zero-order valence-corrected chi connectivity index (χ0v) is 12.1. The average molecular weight is 338 g/mol. The molecule has 1 aromatic carbocycles. The van der Waals surface area contributed by atoms with Gasteiger partial charge in [-0.15, -0.1) is 0 Å². The highest BCUT2D eigenvalue weighted by Crippen LogP contribution is 2.35. The molecule has 0 spiro atoms. The molecule has 0 saturated carbocycles. The maximum Gasteiger partial charge on any atom is 0.225 e. The number of nitrogens with one attached hydrogen (secondary N) is 1. The molecule has 21 heavy (non-hydrogen) atoms. The fourth-order valence-corrected chi connectivity index (χ4v) is 2.07. The third-order valence-electron chi connectivity index (χ3n) is 2.63. The van der Waals surface area contributed by atoms with E-state index in [0.29, 0.717) is 0 Å². The Morgan fingerprint density at radius 1 is 1.24 bits per heavy atom. The highest BCUT2D eigenvalue weighted by molar-refractivity contribution is 6.36. The number of hydrogen-bond donors (Lipinski definition) is 1. The minimum absolute atomic E-state index is 0.0174. The Balaban J connectivity index is 2.64. The van der Waals surface area contributed by atoms with Gasteiger partial charge in [-0.3, -0.25) is 4.79 Å². The smallest absolute Gasteiger partial charge is 0.225 e. The molecule has 0 fully saturated rings. The van der Waals surface area contributed by atoms with Gasteiger partial charge in [-0.05, 0) is 0 Å². The number of rotatable bonds is 3. The van der Waals surface area contributed by atoms with E-state index in [1.807, 2.05) is 0 Å². The van der Waals surface area contributed by atoms with Crippen molar-refractivity contribution in [2.24, 2.45) is 0 Å². The lowest BCUT2D eigenvalue weighted by molar-refractivity contribution is -0.115. The summed E-state index contributed by atoms with van der Waals surface area (Å²) >= 11 is 11.0. The van der Waals surface area contributed by atoms with Gasteiger partial charge in [0, 0.05) is 12.5 Å². The van der Waals surface area contributed by atoms with Crippen molar-refractivity contribution >= 4 is 34.9 Å². The summed E-state index contributed by atoms with van der Waals surface area (Å²) in [5.74, 6) is -4.73. The van der Waals surface area contributed by atoms with Gasteiger partial charge in [-0.25, -0.2) is 17.9 Å². The minimum atomic E-state index is -1.59. The lowest BCUT2D eigenvalue weighted by Crippen LogP contribution is -2.15. The summed E-state index contributed by atoms with van der Waals surface area (Å²) in [7, 11) is 0. The Morgan fingerprint density at radius 3 is 2.52 bits per heavy atom. The molecular formula is C12H8Cl2F3N3O. The van der Waals surface area contributed by atoms with Crippen molar-refractivity contribution in [3.63, 3.8) is 0 Å². The highest BCUT2D eigenvalue weighted by atomic mass is 35.5. The number of carbonyl (C=O) groups excluding carboxylic acids is 1. The third kappa shape index (κ3) is 2.71. The summed E-state index contributed by atoms with van der Waals surface area (Å²) in [6.07, 6.45) is 1.37. The topological polar surface area (TPSA) is 46.9 Å². The number of benzene rings is 1. The molecule has 4 nitrogen and oxygen atoms in total. The highest BCUT2D eigenvalue weighted by Gasteiger charge is 2.26. The van der Waals surface area contributed by atoms with E-state index >= 15 is 0 Å². The van der Waals surface area contributed by atoms with Gasteiger partial charge in [0.05, 0.1) is 6.20 Å². The molecule has 1 aromatic heterocycles. The van der Waals surface area contributed by atoms with Crippen LogP contribution in [0.5, 0.6) is 0 Å². The fraction of sp³-hybridized carbons (Fsp3) is 0.167. The quantitative estimate of drug-likeness (QED) is 0.681. The molecule has 0 atom stereocenters. The van der Waals surface area contributed by atoms with Gasteiger partial charge < -0.3 is 5.32 Å². The first-order valence-corrected chi connectivity index (χ1v) is 6.49. The minimum Gasteiger partial charge on any atom is -0.311 e. The van der Waals surface area contributed by atoms with Crippen molar-refractivity contribution in [2.45, 2.75) is 13.3 Å². The second-order valence-corrected chi connectivity index (χ2v) is 4.70. The van der Waals surface area contributed by atoms with Crippen molar-refractivity contribution in [3.05, 3.63) is 39.8 Å². The van der Waals surface area contributed by atoms with Gasteiger partial charge in [0.1, 0.15) is 21.6 Å². The molecule has 2 rings (SSSR count).